The molecule has 1 aromatic carbocycles. The van der Waals surface area contributed by atoms with Crippen LogP contribution in [0.5, 0.6) is 0 Å². The van der Waals surface area contributed by atoms with Gasteiger partial charge in [-0.2, -0.15) is 5.10 Å². The Kier molecular flexibility index (Phi) is 2.06. The van der Waals surface area contributed by atoms with E-state index in [0.29, 0.717) is 5.39 Å². The molecule has 3 nitrogen and oxygen atoms in total. The van der Waals surface area contributed by atoms with E-state index in [4.69, 9.17) is 20.5 Å². The summed E-state index contributed by atoms with van der Waals surface area (Å²) in [6, 6.07) is 3.31. The van der Waals surface area contributed by atoms with Crippen LogP contribution in [0.15, 0.2) is 18.3 Å². The van der Waals surface area contributed by atoms with Gasteiger partial charge in [0.25, 0.3) is 0 Å². The summed E-state index contributed by atoms with van der Waals surface area (Å²) in [6.45, 7) is -1.48. The number of hydrogen-bond donors (Lipinski definition) is 0. The molecule has 3 rings (SSSR count). The number of benzene rings is 1. The molecule has 1 aromatic heterocycles. The quantitative estimate of drug-likeness (QED) is 0.775. The van der Waals surface area contributed by atoms with Crippen LogP contribution in [-0.2, 0) is 4.74 Å². The Hall–Kier alpha value is -1.06. The van der Waals surface area contributed by atoms with Gasteiger partial charge in [-0.1, -0.05) is 17.7 Å². The van der Waals surface area contributed by atoms with Crippen LogP contribution in [0.4, 0.5) is 0 Å². The van der Waals surface area contributed by atoms with Gasteiger partial charge in [-0.05, 0) is 37.7 Å². The smallest absolute Gasteiger partial charge is 0.150 e. The third-order valence-electron chi connectivity index (χ3n) is 3.14. The summed E-state index contributed by atoms with van der Waals surface area (Å²) in [5.74, 6) is 0. The average Bonchev–Trinajstić information content (AvgIpc) is 2.83. The van der Waals surface area contributed by atoms with E-state index >= 15 is 0 Å². The van der Waals surface area contributed by atoms with Crippen molar-refractivity contribution in [3.05, 3.63) is 28.9 Å². The second kappa shape index (κ2) is 4.31. The van der Waals surface area contributed by atoms with E-state index in [0.717, 1.165) is 31.4 Å². The van der Waals surface area contributed by atoms with Gasteiger partial charge in [0.1, 0.15) is 0 Å². The summed E-state index contributed by atoms with van der Waals surface area (Å²) < 4.78 is 30.0. The van der Waals surface area contributed by atoms with Crippen LogP contribution in [-0.4, -0.2) is 16.4 Å². The average molecular weight is 254 g/mol. The Balaban J connectivity index is 2.08. The van der Waals surface area contributed by atoms with Gasteiger partial charge in [-0.25, -0.2) is 4.68 Å². The highest BCUT2D eigenvalue weighted by Gasteiger charge is 2.19. The third-order valence-corrected chi connectivity index (χ3v) is 3.55. The molecular formula is C13H15ClN2O. The molecule has 0 amide bonds. The number of hydrogen-bond acceptors (Lipinski definition) is 2. The van der Waals surface area contributed by atoms with Gasteiger partial charge in [0.05, 0.1) is 16.7 Å². The van der Waals surface area contributed by atoms with Crippen LogP contribution in [0, 0.1) is 6.85 Å². The van der Waals surface area contributed by atoms with Gasteiger partial charge in [0.15, 0.2) is 6.23 Å². The van der Waals surface area contributed by atoms with E-state index < -0.39 is 6.85 Å². The summed E-state index contributed by atoms with van der Waals surface area (Å²) in [4.78, 5) is 0. The predicted octanol–water partition coefficient (Wildman–Crippen LogP) is 3.70. The molecule has 0 bridgehead atoms. The summed E-state index contributed by atoms with van der Waals surface area (Å²) in [7, 11) is 0. The summed E-state index contributed by atoms with van der Waals surface area (Å²) in [6.07, 6.45) is 4.61. The standard InChI is InChI=1S/C13H15ClN2O/c1-9-5-6-11-10(13(9)14)8-15-16(11)12-4-2-3-7-17-12/h5-6,8,12H,2-4,7H2,1H3/i1D3. The minimum absolute atomic E-state index is 0.0871. The molecule has 90 valence electrons. The Labute approximate surface area is 110 Å². The topological polar surface area (TPSA) is 27.1 Å². The zero-order valence-electron chi connectivity index (χ0n) is 12.3. The predicted molar refractivity (Wildman–Crippen MR) is 68.3 cm³/mol. The maximum absolute atomic E-state index is 7.49. The molecule has 4 heteroatoms. The van der Waals surface area contributed by atoms with E-state index in [1.165, 1.54) is 0 Å². The Morgan fingerprint density at radius 2 is 2.47 bits per heavy atom. The van der Waals surface area contributed by atoms with Crippen LogP contribution >= 0.6 is 11.6 Å². The highest BCUT2D eigenvalue weighted by atomic mass is 35.5. The Morgan fingerprint density at radius 3 is 3.24 bits per heavy atom. The first-order valence-electron chi connectivity index (χ1n) is 7.26. The number of nitrogens with zero attached hydrogens (tertiary/aromatic N) is 2. The first kappa shape index (κ1) is 8.11. The van der Waals surface area contributed by atoms with Crippen molar-refractivity contribution in [3.8, 4) is 0 Å². The third kappa shape index (κ3) is 1.83. The van der Waals surface area contributed by atoms with E-state index in [9.17, 15) is 0 Å². The van der Waals surface area contributed by atoms with Gasteiger partial charge in [-0.3, -0.25) is 0 Å². The molecule has 0 spiro atoms. The first-order chi connectivity index (χ1) is 9.48. The SMILES string of the molecule is [2H]C([2H])([2H])c1ccc2c(cnn2C2CCCCO2)c1Cl. The second-order valence-corrected chi connectivity index (χ2v) is 4.65. The van der Waals surface area contributed by atoms with Gasteiger partial charge in [0.2, 0.25) is 0 Å². The molecule has 0 aliphatic carbocycles. The zero-order chi connectivity index (χ0) is 14.3. The van der Waals surface area contributed by atoms with E-state index in [1.54, 1.807) is 23.0 Å². The van der Waals surface area contributed by atoms with Crippen molar-refractivity contribution in [1.29, 1.82) is 0 Å². The number of aryl methyl sites for hydroxylation is 1. The molecule has 1 fully saturated rings. The number of fused-ring (bicyclic) bond motifs is 1. The molecular weight excluding hydrogens is 236 g/mol. The molecule has 1 aliphatic heterocycles. The molecule has 1 unspecified atom stereocenters. The molecule has 0 saturated carbocycles. The lowest BCUT2D eigenvalue weighted by atomic mass is 10.1. The van der Waals surface area contributed by atoms with E-state index in [1.807, 2.05) is 0 Å². The maximum Gasteiger partial charge on any atom is 0.150 e. The molecule has 1 aliphatic rings. The van der Waals surface area contributed by atoms with Crippen molar-refractivity contribution in [1.82, 2.24) is 9.78 Å². The highest BCUT2D eigenvalue weighted by molar-refractivity contribution is 6.36. The lowest BCUT2D eigenvalue weighted by molar-refractivity contribution is -0.0366. The van der Waals surface area contributed by atoms with E-state index in [-0.39, 0.29) is 16.8 Å². The monoisotopic (exact) mass is 253 g/mol. The molecule has 0 radical (unpaired) electrons. The van der Waals surface area contributed by atoms with Crippen LogP contribution in [0.25, 0.3) is 10.9 Å². The van der Waals surface area contributed by atoms with Gasteiger partial charge in [-0.15, -0.1) is 0 Å². The van der Waals surface area contributed by atoms with Crippen molar-refractivity contribution in [2.75, 3.05) is 6.61 Å². The van der Waals surface area contributed by atoms with Crippen LogP contribution in [0.2, 0.25) is 5.02 Å². The minimum atomic E-state index is -2.21. The van der Waals surface area contributed by atoms with Crippen molar-refractivity contribution in [2.45, 2.75) is 32.3 Å². The second-order valence-electron chi connectivity index (χ2n) is 4.27. The normalized spacial score (nSPS) is 24.3. The minimum Gasteiger partial charge on any atom is -0.356 e. The fourth-order valence-electron chi connectivity index (χ4n) is 2.23. The lowest BCUT2D eigenvalue weighted by Crippen LogP contribution is -2.18. The van der Waals surface area contributed by atoms with Crippen molar-refractivity contribution in [2.24, 2.45) is 0 Å². The number of rotatable bonds is 1. The fraction of sp³-hybridized carbons (Fsp3) is 0.462. The molecule has 2 heterocycles. The highest BCUT2D eigenvalue weighted by Crippen LogP contribution is 2.30. The summed E-state index contributed by atoms with van der Waals surface area (Å²) in [5, 5.41) is 5.24. The van der Waals surface area contributed by atoms with Crippen molar-refractivity contribution < 1.29 is 8.85 Å². The molecule has 17 heavy (non-hydrogen) atoms. The molecule has 2 aromatic rings. The van der Waals surface area contributed by atoms with E-state index in [2.05, 4.69) is 5.10 Å². The molecule has 1 saturated heterocycles. The molecule has 0 N–H and O–H groups in total. The Morgan fingerprint density at radius 1 is 1.53 bits per heavy atom. The summed E-state index contributed by atoms with van der Waals surface area (Å²) >= 11 is 6.22. The van der Waals surface area contributed by atoms with Crippen LogP contribution in [0.1, 0.15) is 35.2 Å². The number of halogens is 1. The van der Waals surface area contributed by atoms with Gasteiger partial charge >= 0.3 is 0 Å². The largest absolute Gasteiger partial charge is 0.356 e. The van der Waals surface area contributed by atoms with Gasteiger partial charge in [0, 0.05) is 16.1 Å². The summed E-state index contributed by atoms with van der Waals surface area (Å²) in [5.41, 5.74) is 0.977. The van der Waals surface area contributed by atoms with Gasteiger partial charge < -0.3 is 4.74 Å². The van der Waals surface area contributed by atoms with Crippen LogP contribution < -0.4 is 0 Å². The zero-order valence-corrected chi connectivity index (χ0v) is 10.1. The fourth-order valence-corrected chi connectivity index (χ4v) is 2.44. The van der Waals surface area contributed by atoms with Crippen LogP contribution in [0.3, 0.4) is 0 Å². The number of ether oxygens (including phenoxy) is 1. The van der Waals surface area contributed by atoms with Crippen molar-refractivity contribution >= 4 is 22.5 Å². The number of aromatic nitrogens is 2. The molecule has 1 atom stereocenters. The lowest BCUT2D eigenvalue weighted by Gasteiger charge is -2.23. The maximum atomic E-state index is 7.49. The Bertz CT molecular complexity index is 632. The first-order valence-corrected chi connectivity index (χ1v) is 6.14. The van der Waals surface area contributed by atoms with Crippen molar-refractivity contribution in [3.63, 3.8) is 0 Å².